The fourth-order valence-corrected chi connectivity index (χ4v) is 2.56. The second kappa shape index (κ2) is 5.16. The van der Waals surface area contributed by atoms with E-state index in [0.717, 1.165) is 33.2 Å². The summed E-state index contributed by atoms with van der Waals surface area (Å²) in [5.74, 6) is 6.49. The number of anilines is 2. The molecule has 0 bridgehead atoms. The number of phenols is 1. The molecule has 0 saturated heterocycles. The van der Waals surface area contributed by atoms with Crippen LogP contribution in [-0.2, 0) is 0 Å². The lowest BCUT2D eigenvalue weighted by molar-refractivity contribution is 0.467. The molecule has 0 unspecified atom stereocenters. The first kappa shape index (κ1) is 14.1. The van der Waals surface area contributed by atoms with Gasteiger partial charge in [0.25, 0.3) is 0 Å². The van der Waals surface area contributed by atoms with Crippen molar-refractivity contribution in [3.63, 3.8) is 0 Å². The molecule has 0 aliphatic rings. The molecule has 112 valence electrons. The van der Waals surface area contributed by atoms with E-state index in [9.17, 15) is 5.11 Å². The Morgan fingerprint density at radius 3 is 2.32 bits per heavy atom. The van der Waals surface area contributed by atoms with E-state index in [1.54, 1.807) is 0 Å². The molecular weight excluding hydrogens is 278 g/mol. The summed E-state index contributed by atoms with van der Waals surface area (Å²) < 4.78 is 0. The Hall–Kier alpha value is -2.86. The van der Waals surface area contributed by atoms with Gasteiger partial charge in [0.15, 0.2) is 5.82 Å². The zero-order valence-corrected chi connectivity index (χ0v) is 12.4. The number of aromatic hydroxyl groups is 1. The molecule has 1 heterocycles. The Morgan fingerprint density at radius 2 is 1.68 bits per heavy atom. The van der Waals surface area contributed by atoms with Gasteiger partial charge >= 0.3 is 0 Å². The van der Waals surface area contributed by atoms with Gasteiger partial charge in [-0.1, -0.05) is 6.07 Å². The third-order valence-electron chi connectivity index (χ3n) is 3.67. The Bertz CT molecular complexity index is 853. The van der Waals surface area contributed by atoms with Crippen LogP contribution in [0.3, 0.4) is 0 Å². The smallest absolute Gasteiger partial charge is 0.222 e. The number of phenolic OH excluding ortho intramolecular Hbond substituents is 1. The second-order valence-electron chi connectivity index (χ2n) is 5.27. The number of hydrazine groups is 1. The van der Waals surface area contributed by atoms with Crippen LogP contribution in [0.1, 0.15) is 11.1 Å². The molecule has 0 saturated carbocycles. The highest BCUT2D eigenvalue weighted by Gasteiger charge is 2.09. The molecule has 0 atom stereocenters. The molecule has 0 amide bonds. The molecule has 3 aromatic rings. The number of fused-ring (bicyclic) bond motifs is 1. The Kier molecular flexibility index (Phi) is 3.30. The number of nitrogens with two attached hydrogens (primary N) is 2. The average molecular weight is 295 g/mol. The van der Waals surface area contributed by atoms with E-state index in [-0.39, 0.29) is 5.95 Å². The predicted octanol–water partition coefficient (Wildman–Crippen LogP) is 2.49. The van der Waals surface area contributed by atoms with E-state index in [2.05, 4.69) is 15.4 Å². The Labute approximate surface area is 127 Å². The van der Waals surface area contributed by atoms with Gasteiger partial charge in [-0.3, -0.25) is 0 Å². The lowest BCUT2D eigenvalue weighted by atomic mass is 9.98. The Balaban J connectivity index is 2.22. The van der Waals surface area contributed by atoms with Crippen molar-refractivity contribution in [3.8, 4) is 16.9 Å². The molecule has 0 radical (unpaired) electrons. The topological polar surface area (TPSA) is 110 Å². The van der Waals surface area contributed by atoms with Crippen LogP contribution in [-0.4, -0.2) is 15.1 Å². The number of nitrogens with zero attached hydrogens (tertiary/aromatic N) is 2. The zero-order valence-electron chi connectivity index (χ0n) is 12.4. The van der Waals surface area contributed by atoms with E-state index >= 15 is 0 Å². The van der Waals surface area contributed by atoms with Crippen molar-refractivity contribution in [2.45, 2.75) is 13.8 Å². The number of rotatable bonds is 2. The molecule has 2 aromatic carbocycles. The molecule has 6 heteroatoms. The van der Waals surface area contributed by atoms with Gasteiger partial charge in [-0.25, -0.2) is 10.8 Å². The molecule has 1 aromatic heterocycles. The number of nitrogen functional groups attached to an aromatic ring is 2. The minimum Gasteiger partial charge on any atom is -0.507 e. The van der Waals surface area contributed by atoms with Gasteiger partial charge in [-0.05, 0) is 60.4 Å². The SMILES string of the molecule is Cc1cc(-c2ccc3nc(N)nc(NN)c3c2)cc(C)c1O. The van der Waals surface area contributed by atoms with Crippen molar-refractivity contribution in [1.29, 1.82) is 0 Å². The maximum Gasteiger partial charge on any atom is 0.222 e. The van der Waals surface area contributed by atoms with E-state index in [4.69, 9.17) is 11.6 Å². The van der Waals surface area contributed by atoms with Crippen molar-refractivity contribution >= 4 is 22.7 Å². The average Bonchev–Trinajstić information content (AvgIpc) is 2.50. The molecule has 22 heavy (non-hydrogen) atoms. The van der Waals surface area contributed by atoms with Crippen LogP contribution in [0.4, 0.5) is 11.8 Å². The van der Waals surface area contributed by atoms with Crippen molar-refractivity contribution in [3.05, 3.63) is 41.5 Å². The molecule has 0 aliphatic carbocycles. The van der Waals surface area contributed by atoms with Crippen molar-refractivity contribution in [2.75, 3.05) is 11.2 Å². The number of benzene rings is 2. The van der Waals surface area contributed by atoms with Crippen LogP contribution in [0.2, 0.25) is 0 Å². The summed E-state index contributed by atoms with van der Waals surface area (Å²) in [5.41, 5.74) is 12.6. The van der Waals surface area contributed by atoms with Gasteiger partial charge in [-0.2, -0.15) is 4.98 Å². The van der Waals surface area contributed by atoms with Crippen LogP contribution >= 0.6 is 0 Å². The van der Waals surface area contributed by atoms with Gasteiger partial charge in [0.2, 0.25) is 5.95 Å². The van der Waals surface area contributed by atoms with Crippen molar-refractivity contribution < 1.29 is 5.11 Å². The maximum absolute atomic E-state index is 9.90. The summed E-state index contributed by atoms with van der Waals surface area (Å²) in [7, 11) is 0. The molecule has 0 spiro atoms. The van der Waals surface area contributed by atoms with E-state index in [1.807, 2.05) is 44.2 Å². The monoisotopic (exact) mass is 295 g/mol. The lowest BCUT2D eigenvalue weighted by Crippen LogP contribution is -2.11. The highest BCUT2D eigenvalue weighted by Crippen LogP contribution is 2.32. The van der Waals surface area contributed by atoms with Crippen LogP contribution in [0.15, 0.2) is 30.3 Å². The summed E-state index contributed by atoms with van der Waals surface area (Å²) in [6.45, 7) is 3.76. The van der Waals surface area contributed by atoms with Gasteiger partial charge in [0.05, 0.1) is 5.52 Å². The molecule has 3 rings (SSSR count). The molecular formula is C16H17N5O. The summed E-state index contributed by atoms with van der Waals surface area (Å²) in [5, 5.41) is 10.7. The van der Waals surface area contributed by atoms with Gasteiger partial charge in [-0.15, -0.1) is 0 Å². The molecule has 0 aliphatic heterocycles. The fourth-order valence-electron chi connectivity index (χ4n) is 2.56. The lowest BCUT2D eigenvalue weighted by Gasteiger charge is -2.10. The van der Waals surface area contributed by atoms with Gasteiger partial charge in [0, 0.05) is 5.39 Å². The van der Waals surface area contributed by atoms with Gasteiger partial charge in [0.1, 0.15) is 5.75 Å². The second-order valence-corrected chi connectivity index (χ2v) is 5.27. The molecule has 6 nitrogen and oxygen atoms in total. The largest absolute Gasteiger partial charge is 0.507 e. The normalized spacial score (nSPS) is 10.9. The maximum atomic E-state index is 9.90. The highest BCUT2D eigenvalue weighted by atomic mass is 16.3. The van der Waals surface area contributed by atoms with E-state index < -0.39 is 0 Å². The van der Waals surface area contributed by atoms with Crippen molar-refractivity contribution in [2.24, 2.45) is 5.84 Å². The summed E-state index contributed by atoms with van der Waals surface area (Å²) >= 11 is 0. The van der Waals surface area contributed by atoms with Crippen LogP contribution in [0.25, 0.3) is 22.0 Å². The minimum absolute atomic E-state index is 0.171. The third-order valence-corrected chi connectivity index (χ3v) is 3.67. The minimum atomic E-state index is 0.171. The zero-order chi connectivity index (χ0) is 15.9. The number of hydrogen-bond donors (Lipinski definition) is 4. The summed E-state index contributed by atoms with van der Waals surface area (Å²) in [6.07, 6.45) is 0. The van der Waals surface area contributed by atoms with E-state index in [0.29, 0.717) is 11.6 Å². The number of hydrogen-bond acceptors (Lipinski definition) is 6. The molecule has 6 N–H and O–H groups in total. The van der Waals surface area contributed by atoms with Crippen LogP contribution in [0.5, 0.6) is 5.75 Å². The number of aryl methyl sites for hydroxylation is 2. The molecule has 0 fully saturated rings. The summed E-state index contributed by atoms with van der Waals surface area (Å²) in [4.78, 5) is 8.29. The quantitative estimate of drug-likeness (QED) is 0.427. The first-order valence-electron chi connectivity index (χ1n) is 6.84. The fraction of sp³-hybridized carbons (Fsp3) is 0.125. The van der Waals surface area contributed by atoms with Crippen LogP contribution < -0.4 is 17.0 Å². The number of nitrogens with one attached hydrogen (secondary N) is 1. The summed E-state index contributed by atoms with van der Waals surface area (Å²) in [6, 6.07) is 9.67. The predicted molar refractivity (Wildman–Crippen MR) is 88.3 cm³/mol. The standard InChI is InChI=1S/C16H17N5O/c1-8-5-11(6-9(2)14(8)22)10-3-4-13-12(7-10)15(21-18)20-16(17)19-13/h3-7,22H,18H2,1-2H3,(H3,17,19,20,21). The first-order chi connectivity index (χ1) is 10.5. The van der Waals surface area contributed by atoms with E-state index in [1.165, 1.54) is 0 Å². The van der Waals surface area contributed by atoms with Crippen molar-refractivity contribution in [1.82, 2.24) is 9.97 Å². The Morgan fingerprint density at radius 1 is 1.00 bits per heavy atom. The van der Waals surface area contributed by atoms with Gasteiger partial charge < -0.3 is 16.3 Å². The third kappa shape index (κ3) is 2.29. The number of aromatic nitrogens is 2. The van der Waals surface area contributed by atoms with Crippen LogP contribution in [0, 0.1) is 13.8 Å². The highest BCUT2D eigenvalue weighted by molar-refractivity contribution is 5.93. The first-order valence-corrected chi connectivity index (χ1v) is 6.84.